The number of carbonyl (C=O) groups excluding carboxylic acids is 1. The predicted octanol–water partition coefficient (Wildman–Crippen LogP) is 2.74. The number of halogens is 1. The molecule has 116 valence electrons. The van der Waals surface area contributed by atoms with E-state index in [1.165, 1.54) is 11.8 Å². The Morgan fingerprint density at radius 2 is 2.18 bits per heavy atom. The Balaban J connectivity index is 1.51. The van der Waals surface area contributed by atoms with Crippen molar-refractivity contribution in [2.24, 2.45) is 0 Å². The smallest absolute Gasteiger partial charge is 0.230 e. The van der Waals surface area contributed by atoms with Gasteiger partial charge in [-0.2, -0.15) is 0 Å². The minimum absolute atomic E-state index is 0.0224. The lowest BCUT2D eigenvalue weighted by Gasteiger charge is -2.14. The molecular weight excluding hydrogens is 366 g/mol. The number of carbonyl (C=O) groups is 1. The molecule has 1 fully saturated rings. The van der Waals surface area contributed by atoms with Crippen molar-refractivity contribution in [3.63, 3.8) is 0 Å². The molecule has 3 rings (SSSR count). The molecule has 0 radical (unpaired) electrons. The highest BCUT2D eigenvalue weighted by Crippen LogP contribution is 2.36. The van der Waals surface area contributed by atoms with Crippen LogP contribution in [0.1, 0.15) is 37.4 Å². The standard InChI is InChI=1S/C14H16BrN5OS/c1-9(10-2-4-11(15)5-3-10)16-13(21)8-22-14-17-18-19-20(14)12-6-7-12/h2-5,9,12H,6-8H2,1H3,(H,16,21). The van der Waals surface area contributed by atoms with Gasteiger partial charge in [-0.05, 0) is 47.9 Å². The van der Waals surface area contributed by atoms with Crippen LogP contribution in [0.15, 0.2) is 33.9 Å². The molecule has 0 spiro atoms. The molecule has 1 aromatic carbocycles. The van der Waals surface area contributed by atoms with Crippen molar-refractivity contribution in [1.29, 1.82) is 0 Å². The fourth-order valence-corrected chi connectivity index (χ4v) is 3.10. The van der Waals surface area contributed by atoms with Gasteiger partial charge in [0.2, 0.25) is 11.1 Å². The Morgan fingerprint density at radius 1 is 1.45 bits per heavy atom. The van der Waals surface area contributed by atoms with E-state index in [0.717, 1.165) is 22.9 Å². The van der Waals surface area contributed by atoms with Crippen molar-refractivity contribution in [1.82, 2.24) is 25.5 Å². The second-order valence-electron chi connectivity index (χ2n) is 5.27. The number of hydrogen-bond acceptors (Lipinski definition) is 5. The maximum atomic E-state index is 12.1. The monoisotopic (exact) mass is 381 g/mol. The zero-order chi connectivity index (χ0) is 15.5. The third kappa shape index (κ3) is 3.86. The molecule has 0 aliphatic heterocycles. The minimum atomic E-state index is -0.0272. The molecule has 0 bridgehead atoms. The summed E-state index contributed by atoms with van der Waals surface area (Å²) in [6.45, 7) is 1.97. The van der Waals surface area contributed by atoms with Crippen molar-refractivity contribution in [2.45, 2.75) is 37.0 Å². The molecule has 1 unspecified atom stereocenters. The van der Waals surface area contributed by atoms with Crippen LogP contribution in [0.25, 0.3) is 0 Å². The summed E-state index contributed by atoms with van der Waals surface area (Å²) in [4.78, 5) is 12.1. The normalized spacial score (nSPS) is 15.5. The van der Waals surface area contributed by atoms with Gasteiger partial charge in [0.25, 0.3) is 0 Å². The van der Waals surface area contributed by atoms with E-state index in [1.807, 2.05) is 35.9 Å². The lowest BCUT2D eigenvalue weighted by atomic mass is 10.1. The molecular formula is C14H16BrN5OS. The van der Waals surface area contributed by atoms with E-state index in [1.54, 1.807) is 0 Å². The molecule has 8 heteroatoms. The number of benzene rings is 1. The maximum Gasteiger partial charge on any atom is 0.230 e. The van der Waals surface area contributed by atoms with Crippen molar-refractivity contribution in [3.8, 4) is 0 Å². The summed E-state index contributed by atoms with van der Waals surface area (Å²) in [5.74, 6) is 0.291. The predicted molar refractivity (Wildman–Crippen MR) is 87.5 cm³/mol. The van der Waals surface area contributed by atoms with Crippen LogP contribution in [0.5, 0.6) is 0 Å². The maximum absolute atomic E-state index is 12.1. The summed E-state index contributed by atoms with van der Waals surface area (Å²) < 4.78 is 2.84. The molecule has 1 saturated carbocycles. The van der Waals surface area contributed by atoms with Gasteiger partial charge in [0.1, 0.15) is 0 Å². The molecule has 1 atom stereocenters. The summed E-state index contributed by atoms with van der Waals surface area (Å²) >= 11 is 4.78. The second-order valence-corrected chi connectivity index (χ2v) is 7.12. The number of rotatable bonds is 6. The van der Waals surface area contributed by atoms with Gasteiger partial charge < -0.3 is 5.32 Å². The highest BCUT2D eigenvalue weighted by Gasteiger charge is 2.28. The summed E-state index contributed by atoms with van der Waals surface area (Å²) in [6.07, 6.45) is 2.23. The second kappa shape index (κ2) is 6.78. The van der Waals surface area contributed by atoms with Crippen LogP contribution in [0.3, 0.4) is 0 Å². The van der Waals surface area contributed by atoms with E-state index < -0.39 is 0 Å². The minimum Gasteiger partial charge on any atom is -0.349 e. The van der Waals surface area contributed by atoms with Crippen LogP contribution in [0, 0.1) is 0 Å². The van der Waals surface area contributed by atoms with Crippen LogP contribution < -0.4 is 5.32 Å². The van der Waals surface area contributed by atoms with Crippen LogP contribution in [-0.4, -0.2) is 31.9 Å². The van der Waals surface area contributed by atoms with Crippen molar-refractivity contribution < 1.29 is 4.79 Å². The van der Waals surface area contributed by atoms with E-state index in [4.69, 9.17) is 0 Å². The number of nitrogens with zero attached hydrogens (tertiary/aromatic N) is 4. The van der Waals surface area contributed by atoms with Gasteiger partial charge in [-0.25, -0.2) is 4.68 Å². The van der Waals surface area contributed by atoms with Gasteiger partial charge in [0.15, 0.2) is 0 Å². The zero-order valence-corrected chi connectivity index (χ0v) is 14.5. The van der Waals surface area contributed by atoms with E-state index in [0.29, 0.717) is 17.0 Å². The molecule has 22 heavy (non-hydrogen) atoms. The number of nitrogens with one attached hydrogen (secondary N) is 1. The SMILES string of the molecule is CC(NC(=O)CSc1nnnn1C1CC1)c1ccc(Br)cc1. The van der Waals surface area contributed by atoms with E-state index >= 15 is 0 Å². The largest absolute Gasteiger partial charge is 0.349 e. The summed E-state index contributed by atoms with van der Waals surface area (Å²) in [7, 11) is 0. The fraction of sp³-hybridized carbons (Fsp3) is 0.429. The molecule has 6 nitrogen and oxygen atoms in total. The van der Waals surface area contributed by atoms with Crippen LogP contribution in [-0.2, 0) is 4.79 Å². The first-order valence-electron chi connectivity index (χ1n) is 7.09. The van der Waals surface area contributed by atoms with Crippen molar-refractivity contribution in [2.75, 3.05) is 5.75 Å². The van der Waals surface area contributed by atoms with Crippen LogP contribution >= 0.6 is 27.7 Å². The average Bonchev–Trinajstić information content (AvgIpc) is 3.24. The fourth-order valence-electron chi connectivity index (χ4n) is 2.08. The Hall–Kier alpha value is -1.41. The Kier molecular flexibility index (Phi) is 4.77. The van der Waals surface area contributed by atoms with Gasteiger partial charge >= 0.3 is 0 Å². The van der Waals surface area contributed by atoms with Gasteiger partial charge in [0, 0.05) is 4.47 Å². The molecule has 2 aromatic rings. The highest BCUT2D eigenvalue weighted by molar-refractivity contribution is 9.10. The zero-order valence-electron chi connectivity index (χ0n) is 12.1. The lowest BCUT2D eigenvalue weighted by Crippen LogP contribution is -2.28. The van der Waals surface area contributed by atoms with E-state index in [-0.39, 0.29) is 11.9 Å². The van der Waals surface area contributed by atoms with Crippen molar-refractivity contribution in [3.05, 3.63) is 34.3 Å². The van der Waals surface area contributed by atoms with Gasteiger partial charge in [-0.15, -0.1) is 5.10 Å². The third-order valence-corrected chi connectivity index (χ3v) is 4.90. The quantitative estimate of drug-likeness (QED) is 0.778. The van der Waals surface area contributed by atoms with Crippen LogP contribution in [0.2, 0.25) is 0 Å². The molecule has 1 aliphatic carbocycles. The number of amides is 1. The van der Waals surface area contributed by atoms with E-state index in [2.05, 4.69) is 36.8 Å². The highest BCUT2D eigenvalue weighted by atomic mass is 79.9. The Bertz CT molecular complexity index is 656. The third-order valence-electron chi connectivity index (χ3n) is 3.44. The van der Waals surface area contributed by atoms with Crippen molar-refractivity contribution >= 4 is 33.6 Å². The Labute approximate surface area is 141 Å². The lowest BCUT2D eigenvalue weighted by molar-refractivity contribution is -0.119. The summed E-state index contributed by atoms with van der Waals surface area (Å²) in [5, 5.41) is 15.3. The van der Waals surface area contributed by atoms with Crippen LogP contribution in [0.4, 0.5) is 0 Å². The number of tetrazole rings is 1. The number of hydrogen-bond donors (Lipinski definition) is 1. The summed E-state index contributed by atoms with van der Waals surface area (Å²) in [6, 6.07) is 8.32. The topological polar surface area (TPSA) is 72.7 Å². The first kappa shape index (κ1) is 15.5. The van der Waals surface area contributed by atoms with Gasteiger partial charge in [-0.1, -0.05) is 39.8 Å². The van der Waals surface area contributed by atoms with E-state index in [9.17, 15) is 4.79 Å². The molecule has 0 saturated heterocycles. The number of thioether (sulfide) groups is 1. The average molecular weight is 382 g/mol. The molecule has 1 aliphatic rings. The molecule has 1 N–H and O–H groups in total. The molecule has 1 amide bonds. The van der Waals surface area contributed by atoms with Gasteiger partial charge in [-0.3, -0.25) is 4.79 Å². The first-order valence-corrected chi connectivity index (χ1v) is 8.87. The molecule has 1 aromatic heterocycles. The first-order chi connectivity index (χ1) is 10.6. The Morgan fingerprint density at radius 3 is 2.86 bits per heavy atom. The van der Waals surface area contributed by atoms with Gasteiger partial charge in [0.05, 0.1) is 17.8 Å². The summed E-state index contributed by atoms with van der Waals surface area (Å²) in [5.41, 5.74) is 1.07. The number of aromatic nitrogens is 4. The molecule has 1 heterocycles.